The molecule has 2 aliphatic rings. The number of carbonyl (C=O) groups excluding carboxylic acids is 1. The van der Waals surface area contributed by atoms with E-state index in [-0.39, 0.29) is 0 Å². The second kappa shape index (κ2) is 5.31. The van der Waals surface area contributed by atoms with Crippen LogP contribution in [-0.2, 0) is 9.53 Å². The maximum atomic E-state index is 11.9. The largest absolute Gasteiger partial charge is 0.501 e. The van der Waals surface area contributed by atoms with E-state index in [9.17, 15) is 4.79 Å². The van der Waals surface area contributed by atoms with Crippen LogP contribution in [0.5, 0.6) is 0 Å². The fraction of sp³-hybridized carbons (Fsp3) is 0.750. The predicted molar refractivity (Wildman–Crippen MR) is 58.5 cm³/mol. The number of carbonyl (C=O) groups is 1. The van der Waals surface area contributed by atoms with Gasteiger partial charge in [-0.25, -0.2) is 0 Å². The van der Waals surface area contributed by atoms with Crippen LogP contribution in [0.4, 0.5) is 0 Å². The number of rotatable bonds is 3. The topological polar surface area (TPSA) is 38.3 Å². The van der Waals surface area contributed by atoms with E-state index >= 15 is 0 Å². The molecule has 2 rings (SSSR count). The lowest BCUT2D eigenvalue weighted by Crippen LogP contribution is -2.29. The molecule has 84 valence electrons. The molecular formula is C12H19NO2. The van der Waals surface area contributed by atoms with Gasteiger partial charge in [-0.05, 0) is 44.7 Å². The molecule has 0 aromatic carbocycles. The van der Waals surface area contributed by atoms with Gasteiger partial charge in [-0.15, -0.1) is 0 Å². The van der Waals surface area contributed by atoms with E-state index in [0.29, 0.717) is 11.7 Å². The Morgan fingerprint density at radius 1 is 1.47 bits per heavy atom. The first kappa shape index (κ1) is 10.7. The van der Waals surface area contributed by atoms with Crippen molar-refractivity contribution in [3.8, 4) is 0 Å². The Bertz CT molecular complexity index is 254. The van der Waals surface area contributed by atoms with Crippen molar-refractivity contribution in [2.75, 3.05) is 19.7 Å². The molecule has 0 radical (unpaired) electrons. The second-order valence-electron chi connectivity index (χ2n) is 4.44. The molecule has 0 spiro atoms. The number of ketones is 1. The fourth-order valence-corrected chi connectivity index (χ4v) is 2.25. The average Bonchev–Trinajstić information content (AvgIpc) is 2.31. The van der Waals surface area contributed by atoms with Gasteiger partial charge < -0.3 is 10.1 Å². The van der Waals surface area contributed by atoms with Crippen molar-refractivity contribution in [2.45, 2.75) is 32.1 Å². The standard InChI is InChI=1S/C12H19NO2/c14-12(11-2-1-7-15-9-11)8-10-3-5-13-6-4-10/h9-10,13H,1-8H2. The molecule has 2 aliphatic heterocycles. The molecule has 0 unspecified atom stereocenters. The van der Waals surface area contributed by atoms with Crippen molar-refractivity contribution < 1.29 is 9.53 Å². The first-order chi connectivity index (χ1) is 7.36. The van der Waals surface area contributed by atoms with Crippen LogP contribution >= 0.6 is 0 Å². The van der Waals surface area contributed by atoms with E-state index in [1.807, 2.05) is 0 Å². The normalized spacial score (nSPS) is 23.1. The molecule has 0 aliphatic carbocycles. The fourth-order valence-electron chi connectivity index (χ4n) is 2.25. The number of allylic oxidation sites excluding steroid dienone is 1. The Kier molecular flexibility index (Phi) is 3.78. The van der Waals surface area contributed by atoms with Gasteiger partial charge in [0.25, 0.3) is 0 Å². The Labute approximate surface area is 90.9 Å². The van der Waals surface area contributed by atoms with Gasteiger partial charge in [0.15, 0.2) is 5.78 Å². The van der Waals surface area contributed by atoms with Gasteiger partial charge in [0.1, 0.15) is 0 Å². The van der Waals surface area contributed by atoms with E-state index in [2.05, 4.69) is 5.32 Å². The Balaban J connectivity index is 1.82. The minimum atomic E-state index is 0.307. The van der Waals surface area contributed by atoms with Crippen LogP contribution in [0, 0.1) is 5.92 Å². The minimum Gasteiger partial charge on any atom is -0.501 e. The molecule has 1 saturated heterocycles. The lowest BCUT2D eigenvalue weighted by atomic mass is 9.89. The second-order valence-corrected chi connectivity index (χ2v) is 4.44. The van der Waals surface area contributed by atoms with Crippen LogP contribution < -0.4 is 5.32 Å². The third-order valence-corrected chi connectivity index (χ3v) is 3.22. The zero-order valence-corrected chi connectivity index (χ0v) is 9.13. The molecular weight excluding hydrogens is 190 g/mol. The third kappa shape index (κ3) is 3.06. The van der Waals surface area contributed by atoms with Crippen LogP contribution in [0.3, 0.4) is 0 Å². The molecule has 0 amide bonds. The first-order valence-electron chi connectivity index (χ1n) is 5.91. The molecule has 0 saturated carbocycles. The molecule has 3 heteroatoms. The average molecular weight is 209 g/mol. The van der Waals surface area contributed by atoms with Crippen molar-refractivity contribution >= 4 is 5.78 Å². The van der Waals surface area contributed by atoms with Gasteiger partial charge in [-0.1, -0.05) is 0 Å². The smallest absolute Gasteiger partial charge is 0.162 e. The van der Waals surface area contributed by atoms with Crippen molar-refractivity contribution in [2.24, 2.45) is 5.92 Å². The van der Waals surface area contributed by atoms with Gasteiger partial charge in [-0.2, -0.15) is 0 Å². The van der Waals surface area contributed by atoms with Gasteiger partial charge in [0.05, 0.1) is 12.9 Å². The Morgan fingerprint density at radius 3 is 2.93 bits per heavy atom. The molecule has 0 bridgehead atoms. The van der Waals surface area contributed by atoms with E-state index in [1.165, 1.54) is 0 Å². The molecule has 0 aromatic heterocycles. The van der Waals surface area contributed by atoms with Crippen molar-refractivity contribution in [3.05, 3.63) is 11.8 Å². The summed E-state index contributed by atoms with van der Waals surface area (Å²) in [4.78, 5) is 11.9. The van der Waals surface area contributed by atoms with Gasteiger partial charge in [-0.3, -0.25) is 4.79 Å². The monoisotopic (exact) mass is 209 g/mol. The Hall–Kier alpha value is -0.830. The van der Waals surface area contributed by atoms with E-state index < -0.39 is 0 Å². The maximum absolute atomic E-state index is 11.9. The van der Waals surface area contributed by atoms with Crippen LogP contribution in [0.1, 0.15) is 32.1 Å². The number of hydrogen-bond donors (Lipinski definition) is 1. The van der Waals surface area contributed by atoms with Crippen LogP contribution in [0.2, 0.25) is 0 Å². The van der Waals surface area contributed by atoms with Crippen molar-refractivity contribution in [3.63, 3.8) is 0 Å². The lowest BCUT2D eigenvalue weighted by Gasteiger charge is -2.22. The summed E-state index contributed by atoms with van der Waals surface area (Å²) in [5.74, 6) is 0.892. The summed E-state index contributed by atoms with van der Waals surface area (Å²) < 4.78 is 5.20. The number of nitrogens with one attached hydrogen (secondary N) is 1. The predicted octanol–water partition coefficient (Wildman–Crippen LogP) is 1.64. The highest BCUT2D eigenvalue weighted by molar-refractivity contribution is 5.95. The molecule has 2 heterocycles. The molecule has 1 N–H and O–H groups in total. The number of Topliss-reactive ketones (excluding diaryl/α,β-unsaturated/α-hetero) is 1. The highest BCUT2D eigenvalue weighted by atomic mass is 16.5. The van der Waals surface area contributed by atoms with Crippen LogP contribution in [0.15, 0.2) is 11.8 Å². The summed E-state index contributed by atoms with van der Waals surface area (Å²) >= 11 is 0. The molecule has 0 aromatic rings. The van der Waals surface area contributed by atoms with Gasteiger partial charge >= 0.3 is 0 Å². The van der Waals surface area contributed by atoms with Gasteiger partial charge in [0.2, 0.25) is 0 Å². The SMILES string of the molecule is O=C(CC1CCNCC1)C1=COCCC1. The van der Waals surface area contributed by atoms with Crippen LogP contribution in [-0.4, -0.2) is 25.5 Å². The molecule has 3 nitrogen and oxygen atoms in total. The molecule has 1 fully saturated rings. The molecule has 0 atom stereocenters. The van der Waals surface area contributed by atoms with Gasteiger partial charge in [0, 0.05) is 12.0 Å². The third-order valence-electron chi connectivity index (χ3n) is 3.22. The van der Waals surface area contributed by atoms with Crippen molar-refractivity contribution in [1.29, 1.82) is 0 Å². The number of ether oxygens (including phenoxy) is 1. The summed E-state index contributed by atoms with van der Waals surface area (Å²) in [6.07, 6.45) is 6.57. The highest BCUT2D eigenvalue weighted by Gasteiger charge is 2.20. The summed E-state index contributed by atoms with van der Waals surface area (Å²) in [5, 5.41) is 3.32. The van der Waals surface area contributed by atoms with Crippen molar-refractivity contribution in [1.82, 2.24) is 5.32 Å². The van der Waals surface area contributed by atoms with E-state index in [1.54, 1.807) is 6.26 Å². The molecule has 15 heavy (non-hydrogen) atoms. The summed E-state index contributed by atoms with van der Waals surface area (Å²) in [6, 6.07) is 0. The highest BCUT2D eigenvalue weighted by Crippen LogP contribution is 2.21. The minimum absolute atomic E-state index is 0.307. The lowest BCUT2D eigenvalue weighted by molar-refractivity contribution is -0.117. The van der Waals surface area contributed by atoms with E-state index in [4.69, 9.17) is 4.74 Å². The summed E-state index contributed by atoms with van der Waals surface area (Å²) in [5.41, 5.74) is 0.903. The number of piperidine rings is 1. The zero-order chi connectivity index (χ0) is 10.5. The maximum Gasteiger partial charge on any atom is 0.162 e. The summed E-state index contributed by atoms with van der Waals surface area (Å²) in [6.45, 7) is 2.89. The summed E-state index contributed by atoms with van der Waals surface area (Å²) in [7, 11) is 0. The zero-order valence-electron chi connectivity index (χ0n) is 9.13. The Morgan fingerprint density at radius 2 is 2.27 bits per heavy atom. The van der Waals surface area contributed by atoms with Crippen LogP contribution in [0.25, 0.3) is 0 Å². The first-order valence-corrected chi connectivity index (χ1v) is 5.91. The van der Waals surface area contributed by atoms with E-state index in [0.717, 1.165) is 57.4 Å². The number of hydrogen-bond acceptors (Lipinski definition) is 3. The quantitative estimate of drug-likeness (QED) is 0.768.